The second-order valence-corrected chi connectivity index (χ2v) is 7.93. The summed E-state index contributed by atoms with van der Waals surface area (Å²) in [5.41, 5.74) is 7.00. The number of carbonyl (C=O) groups excluding carboxylic acids is 2. The lowest BCUT2D eigenvalue weighted by Gasteiger charge is -2.34. The highest BCUT2D eigenvalue weighted by Crippen LogP contribution is 2.23. The number of ether oxygens (including phenoxy) is 1. The molecule has 2 aliphatic rings. The van der Waals surface area contributed by atoms with Gasteiger partial charge in [0.15, 0.2) is 0 Å². The van der Waals surface area contributed by atoms with Crippen molar-refractivity contribution >= 4 is 36.6 Å². The zero-order chi connectivity index (χ0) is 20.0. The van der Waals surface area contributed by atoms with Crippen LogP contribution in [0.2, 0.25) is 0 Å². The molecular formula is C21H34Cl2N4O3. The molecule has 4 N–H and O–H groups in total. The minimum atomic E-state index is -0.722. The van der Waals surface area contributed by atoms with Crippen LogP contribution in [0, 0.1) is 5.92 Å². The third kappa shape index (κ3) is 6.82. The van der Waals surface area contributed by atoms with Crippen LogP contribution in [0.3, 0.4) is 0 Å². The lowest BCUT2D eigenvalue weighted by molar-refractivity contribution is -0.146. The molecule has 2 amide bonds. The van der Waals surface area contributed by atoms with Gasteiger partial charge in [0.1, 0.15) is 5.60 Å². The fourth-order valence-corrected chi connectivity index (χ4v) is 4.23. The van der Waals surface area contributed by atoms with Gasteiger partial charge >= 0.3 is 0 Å². The number of nitrogens with two attached hydrogens (primary N) is 1. The number of amides is 2. The van der Waals surface area contributed by atoms with Crippen molar-refractivity contribution in [3.05, 3.63) is 35.4 Å². The summed E-state index contributed by atoms with van der Waals surface area (Å²) in [6.07, 6.45) is 3.25. The number of hydrogen-bond donors (Lipinski definition) is 3. The standard InChI is InChI=1S/C21H32N4O3.2ClH/c1-28-21(7-9-23-10-8-21)20(27)24-13-16-4-2-5-17(12-16)14-25-11-3-6-18(15-25)19(22)26;;/h2,4-5,12,18,23H,3,6-11,13-15H2,1H3,(H2,22,26)(H,24,27);2*1H. The third-order valence-corrected chi connectivity index (χ3v) is 5.97. The van der Waals surface area contributed by atoms with Gasteiger partial charge in [0.05, 0.1) is 5.92 Å². The molecule has 1 unspecified atom stereocenters. The van der Waals surface area contributed by atoms with Crippen molar-refractivity contribution in [1.29, 1.82) is 0 Å². The Labute approximate surface area is 191 Å². The number of likely N-dealkylation sites (tertiary alicyclic amines) is 1. The molecule has 1 aromatic rings. The zero-order valence-corrected chi connectivity index (χ0v) is 19.2. The van der Waals surface area contributed by atoms with Gasteiger partial charge in [0.2, 0.25) is 5.91 Å². The Kier molecular flexibility index (Phi) is 11.1. The minimum Gasteiger partial charge on any atom is -0.369 e. The number of benzene rings is 1. The van der Waals surface area contributed by atoms with E-state index in [2.05, 4.69) is 27.7 Å². The fourth-order valence-electron chi connectivity index (χ4n) is 4.23. The number of rotatable bonds is 7. The van der Waals surface area contributed by atoms with Crippen LogP contribution in [-0.2, 0) is 27.4 Å². The van der Waals surface area contributed by atoms with E-state index in [0.29, 0.717) is 19.4 Å². The number of methoxy groups -OCH3 is 1. The summed E-state index contributed by atoms with van der Waals surface area (Å²) in [5, 5.41) is 6.31. The number of nitrogens with one attached hydrogen (secondary N) is 2. The highest BCUT2D eigenvalue weighted by Gasteiger charge is 2.39. The van der Waals surface area contributed by atoms with Crippen LogP contribution in [-0.4, -0.2) is 55.6 Å². The van der Waals surface area contributed by atoms with E-state index in [1.54, 1.807) is 7.11 Å². The van der Waals surface area contributed by atoms with Crippen molar-refractivity contribution in [2.75, 3.05) is 33.3 Å². The molecule has 30 heavy (non-hydrogen) atoms. The predicted octanol–water partition coefficient (Wildman–Crippen LogP) is 1.61. The Morgan fingerprint density at radius 3 is 2.63 bits per heavy atom. The largest absolute Gasteiger partial charge is 0.369 e. The predicted molar refractivity (Wildman–Crippen MR) is 122 cm³/mol. The third-order valence-electron chi connectivity index (χ3n) is 5.97. The first-order valence-electron chi connectivity index (χ1n) is 10.2. The van der Waals surface area contributed by atoms with Crippen LogP contribution in [0.1, 0.15) is 36.8 Å². The maximum atomic E-state index is 12.7. The van der Waals surface area contributed by atoms with Gasteiger partial charge in [-0.1, -0.05) is 24.3 Å². The summed E-state index contributed by atoms with van der Waals surface area (Å²) in [6.45, 7) is 4.56. The van der Waals surface area contributed by atoms with E-state index in [1.165, 1.54) is 5.56 Å². The van der Waals surface area contributed by atoms with Crippen LogP contribution in [0.4, 0.5) is 0 Å². The molecule has 9 heteroatoms. The van der Waals surface area contributed by atoms with E-state index in [1.807, 2.05) is 12.1 Å². The number of nitrogens with zero attached hydrogens (tertiary/aromatic N) is 1. The highest BCUT2D eigenvalue weighted by molar-refractivity contribution is 5.86. The molecule has 2 aliphatic heterocycles. The van der Waals surface area contributed by atoms with Crippen LogP contribution in [0.5, 0.6) is 0 Å². The molecule has 0 spiro atoms. The Bertz CT molecular complexity index is 699. The summed E-state index contributed by atoms with van der Waals surface area (Å²) in [4.78, 5) is 26.5. The quantitative estimate of drug-likeness (QED) is 0.574. The average Bonchev–Trinajstić information content (AvgIpc) is 2.73. The first-order valence-corrected chi connectivity index (χ1v) is 10.2. The molecule has 1 aromatic carbocycles. The van der Waals surface area contributed by atoms with Gasteiger partial charge in [-0.25, -0.2) is 0 Å². The zero-order valence-electron chi connectivity index (χ0n) is 17.5. The second kappa shape index (κ2) is 12.5. The lowest BCUT2D eigenvalue weighted by atomic mass is 9.91. The SMILES string of the molecule is COC1(C(=O)NCc2cccc(CN3CCCC(C(N)=O)C3)c2)CCNCC1.Cl.Cl. The van der Waals surface area contributed by atoms with Gasteiger partial charge in [-0.15, -0.1) is 24.8 Å². The summed E-state index contributed by atoms with van der Waals surface area (Å²) in [7, 11) is 1.61. The summed E-state index contributed by atoms with van der Waals surface area (Å²) < 4.78 is 5.59. The maximum Gasteiger partial charge on any atom is 0.252 e. The molecule has 1 atom stereocenters. The van der Waals surface area contributed by atoms with Gasteiger partial charge < -0.3 is 21.1 Å². The number of piperidine rings is 2. The van der Waals surface area contributed by atoms with Crippen LogP contribution in [0.25, 0.3) is 0 Å². The summed E-state index contributed by atoms with van der Waals surface area (Å²) in [5.74, 6) is -0.292. The number of hydrogen-bond acceptors (Lipinski definition) is 5. The molecule has 170 valence electrons. The maximum absolute atomic E-state index is 12.7. The van der Waals surface area contributed by atoms with E-state index >= 15 is 0 Å². The van der Waals surface area contributed by atoms with E-state index < -0.39 is 5.60 Å². The molecule has 3 rings (SSSR count). The Balaban J connectivity index is 0.00000225. The Morgan fingerprint density at radius 1 is 1.27 bits per heavy atom. The highest BCUT2D eigenvalue weighted by atomic mass is 35.5. The molecule has 7 nitrogen and oxygen atoms in total. The van der Waals surface area contributed by atoms with Gasteiger partial charge in [-0.05, 0) is 56.4 Å². The first-order chi connectivity index (χ1) is 13.5. The van der Waals surface area contributed by atoms with Crippen molar-refractivity contribution < 1.29 is 14.3 Å². The molecule has 2 fully saturated rings. The Hall–Kier alpha value is -1.38. The van der Waals surface area contributed by atoms with Gasteiger partial charge in [0.25, 0.3) is 5.91 Å². The van der Waals surface area contributed by atoms with Crippen molar-refractivity contribution in [3.8, 4) is 0 Å². The Morgan fingerprint density at radius 2 is 1.97 bits per heavy atom. The van der Waals surface area contributed by atoms with E-state index in [4.69, 9.17) is 10.5 Å². The molecule has 2 saturated heterocycles. The average molecular weight is 461 g/mol. The normalized spacial score (nSPS) is 21.0. The fraction of sp³-hybridized carbons (Fsp3) is 0.619. The molecule has 0 saturated carbocycles. The number of carbonyl (C=O) groups is 2. The van der Waals surface area contributed by atoms with Crippen LogP contribution < -0.4 is 16.4 Å². The molecule has 2 heterocycles. The van der Waals surface area contributed by atoms with Gasteiger partial charge in [-0.3, -0.25) is 14.5 Å². The van der Waals surface area contributed by atoms with E-state index in [9.17, 15) is 9.59 Å². The van der Waals surface area contributed by atoms with E-state index in [0.717, 1.165) is 51.1 Å². The van der Waals surface area contributed by atoms with E-state index in [-0.39, 0.29) is 42.5 Å². The lowest BCUT2D eigenvalue weighted by Crippen LogP contribution is -2.53. The monoisotopic (exact) mass is 460 g/mol. The number of primary amides is 1. The van der Waals surface area contributed by atoms with Crippen molar-refractivity contribution in [2.45, 2.75) is 44.4 Å². The molecule has 0 aromatic heterocycles. The van der Waals surface area contributed by atoms with Gasteiger partial charge in [0, 0.05) is 26.7 Å². The number of halogens is 2. The van der Waals surface area contributed by atoms with Crippen molar-refractivity contribution in [1.82, 2.24) is 15.5 Å². The second-order valence-electron chi connectivity index (χ2n) is 7.93. The smallest absolute Gasteiger partial charge is 0.252 e. The van der Waals surface area contributed by atoms with Crippen LogP contribution in [0.15, 0.2) is 24.3 Å². The first kappa shape index (κ1) is 26.7. The van der Waals surface area contributed by atoms with Crippen molar-refractivity contribution in [3.63, 3.8) is 0 Å². The van der Waals surface area contributed by atoms with Crippen molar-refractivity contribution in [2.24, 2.45) is 11.7 Å². The molecular weight excluding hydrogens is 427 g/mol. The van der Waals surface area contributed by atoms with Crippen LogP contribution >= 0.6 is 24.8 Å². The summed E-state index contributed by atoms with van der Waals surface area (Å²) >= 11 is 0. The minimum absolute atomic E-state index is 0. The van der Waals surface area contributed by atoms with Gasteiger partial charge in [-0.2, -0.15) is 0 Å². The summed E-state index contributed by atoms with van der Waals surface area (Å²) in [6, 6.07) is 8.25. The molecule has 0 bridgehead atoms. The molecule has 0 aliphatic carbocycles. The molecule has 0 radical (unpaired) electrons. The topological polar surface area (TPSA) is 96.7 Å².